The van der Waals surface area contributed by atoms with Gasteiger partial charge in [-0.25, -0.2) is 4.98 Å². The summed E-state index contributed by atoms with van der Waals surface area (Å²) >= 11 is 5.57. The number of pyridine rings is 1. The van der Waals surface area contributed by atoms with E-state index >= 15 is 0 Å². The zero-order valence-electron chi connectivity index (χ0n) is 18.3. The van der Waals surface area contributed by atoms with Crippen molar-refractivity contribution in [1.29, 1.82) is 0 Å². The number of H-pyrrole nitrogens is 1. The maximum absolute atomic E-state index is 6.53. The normalized spacial score (nSPS) is 11.2. The first-order valence-electron chi connectivity index (χ1n) is 10.5. The molecule has 0 spiro atoms. The van der Waals surface area contributed by atoms with E-state index in [1.54, 1.807) is 26.5 Å². The van der Waals surface area contributed by atoms with E-state index in [1.165, 1.54) is 10.9 Å². The predicted octanol–water partition coefficient (Wildman–Crippen LogP) is 5.15. The number of hydrogen-bond acceptors (Lipinski definition) is 6. The Morgan fingerprint density at radius 2 is 1.85 bits per heavy atom. The molecular weight excluding hydrogens is 434 g/mol. The fourth-order valence-corrected chi connectivity index (χ4v) is 4.41. The second-order valence-electron chi connectivity index (χ2n) is 7.72. The van der Waals surface area contributed by atoms with E-state index in [2.05, 4.69) is 39.2 Å². The number of aryl methyl sites for hydroxylation is 1. The highest BCUT2D eigenvalue weighted by Crippen LogP contribution is 2.34. The van der Waals surface area contributed by atoms with Crippen LogP contribution in [0.15, 0.2) is 61.1 Å². The Bertz CT molecular complexity index is 1530. The van der Waals surface area contributed by atoms with E-state index in [-0.39, 0.29) is 0 Å². The second-order valence-corrected chi connectivity index (χ2v) is 8.09. The topological polar surface area (TPSA) is 91.0 Å². The monoisotopic (exact) mass is 457 g/mol. The highest BCUT2D eigenvalue weighted by Gasteiger charge is 2.13. The molecule has 3 aromatic heterocycles. The van der Waals surface area contributed by atoms with Gasteiger partial charge in [-0.15, -0.1) is 0 Å². The van der Waals surface area contributed by atoms with Crippen molar-refractivity contribution in [2.75, 3.05) is 20.0 Å². The van der Waals surface area contributed by atoms with Gasteiger partial charge in [-0.1, -0.05) is 12.1 Å². The minimum absolute atomic E-state index is 0.433. The number of aromatic nitrogens is 4. The van der Waals surface area contributed by atoms with E-state index in [4.69, 9.17) is 27.4 Å². The van der Waals surface area contributed by atoms with Gasteiger partial charge < -0.3 is 24.8 Å². The van der Waals surface area contributed by atoms with Crippen molar-refractivity contribution in [3.63, 3.8) is 0 Å². The van der Waals surface area contributed by atoms with Crippen LogP contribution in [0.25, 0.3) is 32.9 Å². The van der Waals surface area contributed by atoms with Crippen LogP contribution in [-0.2, 0) is 13.0 Å². The predicted molar refractivity (Wildman–Crippen MR) is 133 cm³/mol. The fourth-order valence-electron chi connectivity index (χ4n) is 4.12. The molecule has 2 aromatic carbocycles. The number of nitrogens with zero attached hydrogens (tertiary/aromatic N) is 3. The van der Waals surface area contributed by atoms with Crippen molar-refractivity contribution in [2.24, 2.45) is 0 Å². The van der Waals surface area contributed by atoms with Gasteiger partial charge in [0.1, 0.15) is 5.82 Å². The van der Waals surface area contributed by atoms with Crippen LogP contribution in [0.5, 0.6) is 11.5 Å². The molecule has 0 aliphatic carbocycles. The first-order chi connectivity index (χ1) is 16.1. The number of benzene rings is 2. The Hall–Kier alpha value is -3.91. The molecule has 7 nitrogen and oxygen atoms in total. The van der Waals surface area contributed by atoms with Gasteiger partial charge in [0, 0.05) is 53.1 Å². The van der Waals surface area contributed by atoms with Crippen LogP contribution in [-0.4, -0.2) is 33.7 Å². The second kappa shape index (κ2) is 8.55. The van der Waals surface area contributed by atoms with Crippen LogP contribution in [0.4, 0.5) is 5.82 Å². The van der Waals surface area contributed by atoms with Crippen LogP contribution in [0.1, 0.15) is 5.56 Å². The lowest BCUT2D eigenvalue weighted by molar-refractivity contribution is 0.355. The van der Waals surface area contributed by atoms with Crippen molar-refractivity contribution in [2.45, 2.75) is 13.0 Å². The van der Waals surface area contributed by atoms with Crippen LogP contribution in [0.3, 0.4) is 0 Å². The number of nitrogens with two attached hydrogens (primary N) is 1. The minimum Gasteiger partial charge on any atom is -0.493 e. The van der Waals surface area contributed by atoms with Crippen LogP contribution < -0.4 is 15.2 Å². The lowest BCUT2D eigenvalue weighted by atomic mass is 10.0. The zero-order chi connectivity index (χ0) is 22.9. The molecule has 5 rings (SSSR count). The maximum atomic E-state index is 6.53. The number of anilines is 1. The highest BCUT2D eigenvalue weighted by atomic mass is 32.1. The molecule has 0 amide bonds. The molecule has 8 heteroatoms. The highest BCUT2D eigenvalue weighted by molar-refractivity contribution is 7.71. The largest absolute Gasteiger partial charge is 0.493 e. The molecule has 0 unspecified atom stereocenters. The summed E-state index contributed by atoms with van der Waals surface area (Å²) in [6.45, 7) is 0.603. The number of hydrogen-bond donors (Lipinski definition) is 2. The number of nitrogens with one attached hydrogen (secondary N) is 1. The van der Waals surface area contributed by atoms with Gasteiger partial charge in [0.2, 0.25) is 4.77 Å². The van der Waals surface area contributed by atoms with Gasteiger partial charge in [0.25, 0.3) is 0 Å². The smallest absolute Gasteiger partial charge is 0.201 e. The third-order valence-corrected chi connectivity index (χ3v) is 6.19. The van der Waals surface area contributed by atoms with Crippen LogP contribution in [0.2, 0.25) is 0 Å². The minimum atomic E-state index is 0.433. The molecule has 0 aliphatic heterocycles. The number of rotatable bonds is 6. The molecular formula is C25H23N5O2S. The Balaban J connectivity index is 1.50. The SMILES string of the molecule is COc1cc2nc(=S)n(CCc3c[nH]c4ccc(-c5cccnc5)cc34)c(N)c2cc1OC. The first-order valence-corrected chi connectivity index (χ1v) is 10.9. The summed E-state index contributed by atoms with van der Waals surface area (Å²) in [6.07, 6.45) is 6.44. The molecule has 166 valence electrons. The van der Waals surface area contributed by atoms with Gasteiger partial charge in [0.05, 0.1) is 19.7 Å². The third-order valence-electron chi connectivity index (χ3n) is 5.88. The average molecular weight is 458 g/mol. The lowest BCUT2D eigenvalue weighted by Crippen LogP contribution is -2.11. The summed E-state index contributed by atoms with van der Waals surface area (Å²) in [5, 5.41) is 1.95. The Labute approximate surface area is 195 Å². The fraction of sp³-hybridized carbons (Fsp3) is 0.160. The summed E-state index contributed by atoms with van der Waals surface area (Å²) in [7, 11) is 3.19. The molecule has 0 saturated carbocycles. The molecule has 0 bridgehead atoms. The number of nitrogen functional groups attached to an aromatic ring is 1. The molecule has 0 fully saturated rings. The van der Waals surface area contributed by atoms with Crippen molar-refractivity contribution < 1.29 is 9.47 Å². The Morgan fingerprint density at radius 1 is 1.03 bits per heavy atom. The van der Waals surface area contributed by atoms with E-state index in [1.807, 2.05) is 29.1 Å². The van der Waals surface area contributed by atoms with E-state index in [0.29, 0.717) is 34.1 Å². The molecule has 5 aromatic rings. The van der Waals surface area contributed by atoms with Crippen LogP contribution >= 0.6 is 12.2 Å². The van der Waals surface area contributed by atoms with E-state index in [9.17, 15) is 0 Å². The third kappa shape index (κ3) is 3.78. The summed E-state index contributed by atoms with van der Waals surface area (Å²) in [5.74, 6) is 1.75. The number of methoxy groups -OCH3 is 2. The van der Waals surface area contributed by atoms with E-state index in [0.717, 1.165) is 28.5 Å². The number of fused-ring (bicyclic) bond motifs is 2. The summed E-state index contributed by atoms with van der Waals surface area (Å²) < 4.78 is 13.1. The first kappa shape index (κ1) is 21.0. The standard InChI is InChI=1S/C25H23N5O2S/c1-31-22-11-19-21(12-23(22)32-2)29-25(33)30(24(19)26)9-7-17-14-28-20-6-5-15(10-18(17)20)16-4-3-8-27-13-16/h3-6,8,10-14,28H,7,9,26H2,1-2H3. The average Bonchev–Trinajstić information content (AvgIpc) is 3.26. The maximum Gasteiger partial charge on any atom is 0.201 e. The quantitative estimate of drug-likeness (QED) is 0.343. The lowest BCUT2D eigenvalue weighted by Gasteiger charge is -2.15. The molecule has 0 aliphatic rings. The molecule has 0 radical (unpaired) electrons. The zero-order valence-corrected chi connectivity index (χ0v) is 19.1. The van der Waals surface area contributed by atoms with Crippen molar-refractivity contribution in [1.82, 2.24) is 19.5 Å². The van der Waals surface area contributed by atoms with Gasteiger partial charge in [-0.2, -0.15) is 0 Å². The number of ether oxygens (including phenoxy) is 2. The molecule has 0 saturated heterocycles. The summed E-state index contributed by atoms with van der Waals surface area (Å²) in [5.41, 5.74) is 11.7. The van der Waals surface area contributed by atoms with Crippen molar-refractivity contribution in [3.8, 4) is 22.6 Å². The molecule has 3 N–H and O–H groups in total. The van der Waals surface area contributed by atoms with Gasteiger partial charge in [-0.3, -0.25) is 4.98 Å². The van der Waals surface area contributed by atoms with Gasteiger partial charge in [0.15, 0.2) is 11.5 Å². The van der Waals surface area contributed by atoms with Crippen molar-refractivity contribution >= 4 is 39.8 Å². The van der Waals surface area contributed by atoms with Gasteiger partial charge >= 0.3 is 0 Å². The molecule has 3 heterocycles. The van der Waals surface area contributed by atoms with Gasteiger partial charge in [-0.05, 0) is 54.0 Å². The molecule has 33 heavy (non-hydrogen) atoms. The Kier molecular flexibility index (Phi) is 5.43. The number of aromatic amines is 1. The summed E-state index contributed by atoms with van der Waals surface area (Å²) in [6, 6.07) is 14.0. The Morgan fingerprint density at radius 3 is 2.61 bits per heavy atom. The summed E-state index contributed by atoms with van der Waals surface area (Å²) in [4.78, 5) is 12.2. The molecule has 0 atom stereocenters. The van der Waals surface area contributed by atoms with Crippen molar-refractivity contribution in [3.05, 3.63) is 71.4 Å². The van der Waals surface area contributed by atoms with Crippen LogP contribution in [0, 0.1) is 4.77 Å². The van der Waals surface area contributed by atoms with E-state index < -0.39 is 0 Å².